The number of Topliss-reactive ketones (excluding diaryl/α,β-unsaturated/α-hetero) is 1. The van der Waals surface area contributed by atoms with Crippen molar-refractivity contribution in [2.45, 2.75) is 44.3 Å². The van der Waals surface area contributed by atoms with Gasteiger partial charge in [0.05, 0.1) is 12.0 Å². The Kier molecular flexibility index (Phi) is 5.27. The van der Waals surface area contributed by atoms with Gasteiger partial charge in [-0.3, -0.25) is 9.59 Å². The van der Waals surface area contributed by atoms with Gasteiger partial charge in [-0.15, -0.1) is 0 Å². The van der Waals surface area contributed by atoms with E-state index in [2.05, 4.69) is 4.74 Å². The summed E-state index contributed by atoms with van der Waals surface area (Å²) in [5, 5.41) is 10.6. The lowest BCUT2D eigenvalue weighted by atomic mass is 9.91. The molecule has 29 heavy (non-hydrogen) atoms. The molecule has 0 unspecified atom stereocenters. The fraction of sp³-hybridized carbons (Fsp3) is 0.300. The molecule has 0 aliphatic carbocycles. The molecular formula is C20H20O8S. The summed E-state index contributed by atoms with van der Waals surface area (Å²) >= 11 is 0. The lowest BCUT2D eigenvalue weighted by molar-refractivity contribution is -0.129. The van der Waals surface area contributed by atoms with Crippen LogP contribution in [-0.2, 0) is 26.3 Å². The summed E-state index contributed by atoms with van der Waals surface area (Å²) in [6, 6.07) is 7.20. The van der Waals surface area contributed by atoms with Crippen LogP contribution in [0.3, 0.4) is 0 Å². The highest BCUT2D eigenvalue weighted by Gasteiger charge is 2.37. The molecule has 2 aromatic rings. The summed E-state index contributed by atoms with van der Waals surface area (Å²) in [5.41, 5.74) is -0.230. The molecule has 0 atom stereocenters. The highest BCUT2D eigenvalue weighted by atomic mass is 32.2. The number of phenols is 1. The predicted octanol–water partition coefficient (Wildman–Crippen LogP) is 2.89. The van der Waals surface area contributed by atoms with Crippen LogP contribution in [0.25, 0.3) is 0 Å². The highest BCUT2D eigenvalue weighted by Crippen LogP contribution is 2.45. The molecule has 1 heterocycles. The van der Waals surface area contributed by atoms with Gasteiger partial charge in [-0.25, -0.2) is 0 Å². The third kappa shape index (κ3) is 4.19. The second-order valence-corrected chi connectivity index (χ2v) is 8.84. The first-order chi connectivity index (χ1) is 13.5. The van der Waals surface area contributed by atoms with Crippen molar-refractivity contribution in [3.63, 3.8) is 0 Å². The minimum absolute atomic E-state index is 0.00675. The molecule has 1 aliphatic rings. The zero-order valence-electron chi connectivity index (χ0n) is 16.1. The SMILES string of the molecule is Cc1ccc(S(=O)(=O)Oc2cc3c(c(O)c2COC=O)C(=O)CC(C)(C)O3)cc1. The molecule has 2 aromatic carbocycles. The molecule has 0 amide bonds. The number of ketones is 1. The number of rotatable bonds is 6. The molecule has 0 saturated heterocycles. The van der Waals surface area contributed by atoms with Gasteiger partial charge < -0.3 is 18.8 Å². The number of carbonyl (C=O) groups is 2. The number of hydrogen-bond acceptors (Lipinski definition) is 8. The molecule has 0 fully saturated rings. The van der Waals surface area contributed by atoms with Gasteiger partial charge in [0.1, 0.15) is 34.2 Å². The molecule has 0 spiro atoms. The van der Waals surface area contributed by atoms with Crippen LogP contribution in [0.2, 0.25) is 0 Å². The van der Waals surface area contributed by atoms with Gasteiger partial charge in [0.25, 0.3) is 6.47 Å². The number of fused-ring (bicyclic) bond motifs is 1. The van der Waals surface area contributed by atoms with Crippen LogP contribution in [0.1, 0.15) is 41.8 Å². The molecule has 154 valence electrons. The van der Waals surface area contributed by atoms with E-state index < -0.39 is 28.1 Å². The van der Waals surface area contributed by atoms with E-state index in [1.165, 1.54) is 18.2 Å². The number of phenolic OH excluding ortho intramolecular Hbond substituents is 1. The first-order valence-electron chi connectivity index (χ1n) is 8.71. The van der Waals surface area contributed by atoms with Crippen LogP contribution in [0.4, 0.5) is 0 Å². The van der Waals surface area contributed by atoms with Crippen molar-refractivity contribution in [2.24, 2.45) is 0 Å². The fourth-order valence-corrected chi connectivity index (χ4v) is 3.97. The molecule has 1 aliphatic heterocycles. The maximum Gasteiger partial charge on any atom is 0.339 e. The number of carbonyl (C=O) groups excluding carboxylic acids is 2. The van der Waals surface area contributed by atoms with Crippen LogP contribution < -0.4 is 8.92 Å². The number of aromatic hydroxyl groups is 1. The number of ether oxygens (including phenoxy) is 2. The van der Waals surface area contributed by atoms with Crippen molar-refractivity contribution >= 4 is 22.4 Å². The lowest BCUT2D eigenvalue weighted by Gasteiger charge is -2.32. The summed E-state index contributed by atoms with van der Waals surface area (Å²) in [7, 11) is -4.26. The van der Waals surface area contributed by atoms with Crippen LogP contribution in [0.5, 0.6) is 17.2 Å². The lowest BCUT2D eigenvalue weighted by Crippen LogP contribution is -2.36. The van der Waals surface area contributed by atoms with Gasteiger partial charge in [-0.2, -0.15) is 8.42 Å². The van der Waals surface area contributed by atoms with E-state index in [0.717, 1.165) is 5.56 Å². The number of benzene rings is 2. The van der Waals surface area contributed by atoms with E-state index in [1.807, 2.05) is 6.92 Å². The van der Waals surface area contributed by atoms with Crippen molar-refractivity contribution in [3.8, 4) is 17.2 Å². The van der Waals surface area contributed by atoms with E-state index in [4.69, 9.17) is 8.92 Å². The molecule has 0 radical (unpaired) electrons. The summed E-state index contributed by atoms with van der Waals surface area (Å²) in [6.45, 7) is 4.84. The number of aryl methyl sites for hydroxylation is 1. The van der Waals surface area contributed by atoms with Gasteiger partial charge in [0.2, 0.25) is 0 Å². The largest absolute Gasteiger partial charge is 0.506 e. The van der Waals surface area contributed by atoms with E-state index >= 15 is 0 Å². The van der Waals surface area contributed by atoms with Crippen LogP contribution >= 0.6 is 0 Å². The van der Waals surface area contributed by atoms with Gasteiger partial charge in [0.15, 0.2) is 11.5 Å². The van der Waals surface area contributed by atoms with Crippen molar-refractivity contribution in [1.29, 1.82) is 0 Å². The minimum atomic E-state index is -4.26. The van der Waals surface area contributed by atoms with Crippen LogP contribution in [0, 0.1) is 6.92 Å². The summed E-state index contributed by atoms with van der Waals surface area (Å²) < 4.78 is 41.0. The van der Waals surface area contributed by atoms with Crippen molar-refractivity contribution in [2.75, 3.05) is 0 Å². The Balaban J connectivity index is 2.11. The van der Waals surface area contributed by atoms with Crippen molar-refractivity contribution < 1.29 is 36.8 Å². The average Bonchev–Trinajstić information content (AvgIpc) is 2.59. The second kappa shape index (κ2) is 7.40. The Labute approximate surface area is 168 Å². The quantitative estimate of drug-likeness (QED) is 0.560. The normalized spacial score (nSPS) is 15.2. The summed E-state index contributed by atoms with van der Waals surface area (Å²) in [5.74, 6) is -1.23. The van der Waals surface area contributed by atoms with Gasteiger partial charge >= 0.3 is 10.1 Å². The van der Waals surface area contributed by atoms with E-state index in [1.54, 1.807) is 26.0 Å². The molecule has 0 saturated carbocycles. The maximum atomic E-state index is 12.7. The third-order valence-corrected chi connectivity index (χ3v) is 5.63. The van der Waals surface area contributed by atoms with Gasteiger partial charge in [-0.1, -0.05) is 17.7 Å². The molecule has 3 rings (SSSR count). The van der Waals surface area contributed by atoms with E-state index in [0.29, 0.717) is 0 Å². The predicted molar refractivity (Wildman–Crippen MR) is 102 cm³/mol. The smallest absolute Gasteiger partial charge is 0.339 e. The standard InChI is InChI=1S/C20H20O8S/c1-12-4-6-13(7-5-12)29(24,25)28-16-8-17-18(15(22)9-20(2,3)27-17)19(23)14(16)10-26-11-21/h4-8,11,23H,9-10H2,1-3H3. The topological polar surface area (TPSA) is 116 Å². The second-order valence-electron chi connectivity index (χ2n) is 7.29. The highest BCUT2D eigenvalue weighted by molar-refractivity contribution is 7.87. The molecule has 0 bridgehead atoms. The van der Waals surface area contributed by atoms with Crippen LogP contribution in [0.15, 0.2) is 35.2 Å². The molecular weight excluding hydrogens is 400 g/mol. The summed E-state index contributed by atoms with van der Waals surface area (Å²) in [4.78, 5) is 23.0. The first kappa shape index (κ1) is 20.7. The molecule has 9 heteroatoms. The molecule has 1 N–H and O–H groups in total. The zero-order valence-corrected chi connectivity index (χ0v) is 16.9. The average molecular weight is 420 g/mol. The van der Waals surface area contributed by atoms with E-state index in [-0.39, 0.29) is 46.2 Å². The summed E-state index contributed by atoms with van der Waals surface area (Å²) in [6.07, 6.45) is 0.0173. The minimum Gasteiger partial charge on any atom is -0.506 e. The molecule has 0 aromatic heterocycles. The van der Waals surface area contributed by atoms with Crippen molar-refractivity contribution in [3.05, 3.63) is 47.0 Å². The first-order valence-corrected chi connectivity index (χ1v) is 10.1. The molecule has 8 nitrogen and oxygen atoms in total. The third-order valence-electron chi connectivity index (χ3n) is 4.38. The van der Waals surface area contributed by atoms with Gasteiger partial charge in [0, 0.05) is 6.07 Å². The Morgan fingerprint density at radius 1 is 1.24 bits per heavy atom. The fourth-order valence-electron chi connectivity index (χ4n) is 3.02. The van der Waals surface area contributed by atoms with Gasteiger partial charge in [-0.05, 0) is 32.9 Å². The Morgan fingerprint density at radius 2 is 1.90 bits per heavy atom. The maximum absolute atomic E-state index is 12.7. The Bertz CT molecular complexity index is 1070. The van der Waals surface area contributed by atoms with E-state index in [9.17, 15) is 23.1 Å². The van der Waals surface area contributed by atoms with Crippen LogP contribution in [-0.4, -0.2) is 31.4 Å². The Hall–Kier alpha value is -3.07. The monoisotopic (exact) mass is 420 g/mol. The van der Waals surface area contributed by atoms with Crippen molar-refractivity contribution in [1.82, 2.24) is 0 Å². The number of hydrogen-bond donors (Lipinski definition) is 1. The Morgan fingerprint density at radius 3 is 2.52 bits per heavy atom. The zero-order chi connectivity index (χ0) is 21.4.